The molecule has 12 heteroatoms. The molecule has 5 rings (SSSR count). The summed E-state index contributed by atoms with van der Waals surface area (Å²) in [7, 11) is 1.42. The van der Waals surface area contributed by atoms with Crippen LogP contribution in [0.4, 0.5) is 5.82 Å². The number of rotatable bonds is 8. The van der Waals surface area contributed by atoms with Crippen LogP contribution in [-0.2, 0) is 19.0 Å². The van der Waals surface area contributed by atoms with Gasteiger partial charge < -0.3 is 14.2 Å². The van der Waals surface area contributed by atoms with Gasteiger partial charge >= 0.3 is 11.9 Å². The molecule has 2 aromatic heterocycles. The Morgan fingerprint density at radius 2 is 1.61 bits per heavy atom. The summed E-state index contributed by atoms with van der Waals surface area (Å²) in [5.41, 5.74) is 3.85. The molecule has 38 heavy (non-hydrogen) atoms. The summed E-state index contributed by atoms with van der Waals surface area (Å²) in [5.74, 6) is -1.02. The number of imidazole rings is 1. The fourth-order valence-corrected chi connectivity index (χ4v) is 4.28. The number of hydrogen-bond donors (Lipinski definition) is 1. The van der Waals surface area contributed by atoms with Crippen molar-refractivity contribution >= 4 is 40.5 Å². The van der Waals surface area contributed by atoms with Gasteiger partial charge in [-0.05, 0) is 35.9 Å². The molecule has 194 valence electrons. The predicted molar refractivity (Wildman–Crippen MR) is 136 cm³/mol. The molecule has 0 amide bonds. The number of esters is 2. The van der Waals surface area contributed by atoms with E-state index in [1.807, 2.05) is 0 Å². The SMILES string of the molecule is C=C[C@H]1O[C@@H](n2cnc3c(NOC)nc(Cl)nc32)[C@H](OC(=O)c2ccccc2)[C@@H]1OC(=O)c1ccccc1. The van der Waals surface area contributed by atoms with Crippen LogP contribution in [0.3, 0.4) is 0 Å². The summed E-state index contributed by atoms with van der Waals surface area (Å²) in [6.45, 7) is 3.82. The molecule has 1 N–H and O–H groups in total. The number of nitrogens with zero attached hydrogens (tertiary/aromatic N) is 4. The fraction of sp³-hybridized carbons (Fsp3) is 0.192. The van der Waals surface area contributed by atoms with Gasteiger partial charge in [0.25, 0.3) is 0 Å². The Bertz CT molecular complexity index is 1470. The monoisotopic (exact) mass is 535 g/mol. The number of carbonyl (C=O) groups excluding carboxylic acids is 2. The smallest absolute Gasteiger partial charge is 0.338 e. The van der Waals surface area contributed by atoms with Crippen LogP contribution in [0.5, 0.6) is 0 Å². The van der Waals surface area contributed by atoms with Crippen LogP contribution < -0.4 is 5.48 Å². The van der Waals surface area contributed by atoms with Crippen molar-refractivity contribution in [3.8, 4) is 0 Å². The van der Waals surface area contributed by atoms with E-state index in [1.165, 1.54) is 24.1 Å². The van der Waals surface area contributed by atoms with E-state index in [4.69, 9.17) is 30.6 Å². The predicted octanol–water partition coefficient (Wildman–Crippen LogP) is 3.99. The number of fused-ring (bicyclic) bond motifs is 1. The molecule has 0 spiro atoms. The van der Waals surface area contributed by atoms with Gasteiger partial charge in [-0.3, -0.25) is 9.40 Å². The number of halogens is 1. The summed E-state index contributed by atoms with van der Waals surface area (Å²) in [6.07, 6.45) is -1.07. The van der Waals surface area contributed by atoms with E-state index < -0.39 is 36.5 Å². The minimum atomic E-state index is -1.11. The summed E-state index contributed by atoms with van der Waals surface area (Å²) in [4.78, 5) is 43.8. The lowest BCUT2D eigenvalue weighted by Gasteiger charge is -2.24. The molecule has 0 radical (unpaired) electrons. The summed E-state index contributed by atoms with van der Waals surface area (Å²) in [5, 5.41) is -0.0815. The Morgan fingerprint density at radius 3 is 2.18 bits per heavy atom. The van der Waals surface area contributed by atoms with Gasteiger partial charge in [-0.2, -0.15) is 9.97 Å². The highest BCUT2D eigenvalue weighted by Gasteiger charge is 2.50. The molecule has 1 aliphatic heterocycles. The second-order valence-corrected chi connectivity index (χ2v) is 8.51. The van der Waals surface area contributed by atoms with Crippen molar-refractivity contribution in [3.63, 3.8) is 0 Å². The van der Waals surface area contributed by atoms with Gasteiger partial charge in [0.05, 0.1) is 24.6 Å². The molecule has 4 atom stereocenters. The van der Waals surface area contributed by atoms with Crippen molar-refractivity contribution in [2.45, 2.75) is 24.5 Å². The van der Waals surface area contributed by atoms with Crippen LogP contribution in [-0.4, -0.2) is 56.9 Å². The van der Waals surface area contributed by atoms with Crippen LogP contribution in [0.15, 0.2) is 79.6 Å². The largest absolute Gasteiger partial charge is 0.451 e. The highest BCUT2D eigenvalue weighted by atomic mass is 35.5. The first-order valence-electron chi connectivity index (χ1n) is 11.5. The van der Waals surface area contributed by atoms with E-state index in [1.54, 1.807) is 60.7 Å². The maximum absolute atomic E-state index is 13.1. The van der Waals surface area contributed by atoms with Gasteiger partial charge in [0.15, 0.2) is 35.4 Å². The molecule has 4 aromatic rings. The lowest BCUT2D eigenvalue weighted by molar-refractivity contribution is -0.0468. The summed E-state index contributed by atoms with van der Waals surface area (Å²) in [6, 6.07) is 16.9. The van der Waals surface area contributed by atoms with Crippen LogP contribution in [0.25, 0.3) is 11.2 Å². The first kappa shape index (κ1) is 25.3. The molecule has 0 aliphatic carbocycles. The molecule has 3 heterocycles. The van der Waals surface area contributed by atoms with Gasteiger partial charge in [-0.15, -0.1) is 6.58 Å². The van der Waals surface area contributed by atoms with Crippen molar-refractivity contribution in [1.29, 1.82) is 0 Å². The van der Waals surface area contributed by atoms with Crippen molar-refractivity contribution in [3.05, 3.63) is 96.1 Å². The third kappa shape index (κ3) is 4.94. The van der Waals surface area contributed by atoms with Crippen molar-refractivity contribution < 1.29 is 28.6 Å². The van der Waals surface area contributed by atoms with Crippen molar-refractivity contribution in [2.75, 3.05) is 12.6 Å². The number of nitrogens with one attached hydrogen (secondary N) is 1. The van der Waals surface area contributed by atoms with Gasteiger partial charge in [-0.25, -0.2) is 20.1 Å². The normalized spacial score (nSPS) is 20.7. The second-order valence-electron chi connectivity index (χ2n) is 8.17. The second kappa shape index (κ2) is 11.0. The molecule has 1 saturated heterocycles. The molecule has 0 bridgehead atoms. The van der Waals surface area contributed by atoms with Gasteiger partial charge in [0.1, 0.15) is 6.10 Å². The van der Waals surface area contributed by atoms with E-state index in [0.717, 1.165) is 0 Å². The number of aromatic nitrogens is 4. The molecule has 11 nitrogen and oxygen atoms in total. The van der Waals surface area contributed by atoms with E-state index in [9.17, 15) is 9.59 Å². The third-order valence-corrected chi connectivity index (χ3v) is 6.00. The van der Waals surface area contributed by atoms with Gasteiger partial charge in [0, 0.05) is 0 Å². The number of ether oxygens (including phenoxy) is 3. The molecule has 1 fully saturated rings. The number of benzene rings is 2. The van der Waals surface area contributed by atoms with Crippen LogP contribution >= 0.6 is 11.6 Å². The quantitative estimate of drug-likeness (QED) is 0.153. The van der Waals surface area contributed by atoms with Crippen LogP contribution in [0, 0.1) is 0 Å². The van der Waals surface area contributed by atoms with E-state index in [2.05, 4.69) is 27.0 Å². The average molecular weight is 536 g/mol. The minimum Gasteiger partial charge on any atom is -0.451 e. The topological polar surface area (TPSA) is 127 Å². The maximum Gasteiger partial charge on any atom is 0.338 e. The fourth-order valence-electron chi connectivity index (χ4n) is 4.11. The van der Waals surface area contributed by atoms with Crippen LogP contribution in [0.1, 0.15) is 26.9 Å². The maximum atomic E-state index is 13.1. The minimum absolute atomic E-state index is 0.0815. The number of anilines is 1. The zero-order chi connectivity index (χ0) is 26.6. The van der Waals surface area contributed by atoms with E-state index in [0.29, 0.717) is 16.6 Å². The number of hydrogen-bond acceptors (Lipinski definition) is 10. The van der Waals surface area contributed by atoms with E-state index in [-0.39, 0.29) is 16.7 Å². The lowest BCUT2D eigenvalue weighted by atomic mass is 10.1. The molecule has 0 saturated carbocycles. The van der Waals surface area contributed by atoms with Gasteiger partial charge in [0.2, 0.25) is 5.28 Å². The Labute approximate surface area is 221 Å². The molecular weight excluding hydrogens is 514 g/mol. The lowest BCUT2D eigenvalue weighted by Crippen LogP contribution is -2.39. The Hall–Kier alpha value is -4.32. The summed E-state index contributed by atoms with van der Waals surface area (Å²) < 4.78 is 19.5. The van der Waals surface area contributed by atoms with Gasteiger partial charge in [-0.1, -0.05) is 42.5 Å². The molecule has 1 aliphatic rings. The number of carbonyl (C=O) groups is 2. The zero-order valence-corrected chi connectivity index (χ0v) is 20.8. The molecule has 0 unspecified atom stereocenters. The third-order valence-electron chi connectivity index (χ3n) is 5.83. The van der Waals surface area contributed by atoms with E-state index >= 15 is 0 Å². The first-order chi connectivity index (χ1) is 18.5. The standard InChI is InChI=1S/C26H22ClN5O6/c1-3-17-19(37-24(33)15-10-6-4-7-11-15)20(38-25(34)16-12-8-5-9-13-16)23(36-17)32-14-28-18-21(31-35-2)29-26(27)30-22(18)32/h3-14,17,19-20,23H,1H2,2H3,(H,29,30,31)/t17-,19-,20-,23-/m1/s1. The zero-order valence-electron chi connectivity index (χ0n) is 20.1. The highest BCUT2D eigenvalue weighted by Crippen LogP contribution is 2.37. The van der Waals surface area contributed by atoms with Crippen molar-refractivity contribution in [2.24, 2.45) is 0 Å². The van der Waals surface area contributed by atoms with Crippen LogP contribution in [0.2, 0.25) is 5.28 Å². The summed E-state index contributed by atoms with van der Waals surface area (Å²) >= 11 is 6.15. The molecule has 2 aromatic carbocycles. The Balaban J connectivity index is 1.55. The first-order valence-corrected chi connectivity index (χ1v) is 11.9. The highest BCUT2D eigenvalue weighted by molar-refractivity contribution is 6.28. The average Bonchev–Trinajstić information content (AvgIpc) is 3.50. The molecular formula is C26H22ClN5O6. The Kier molecular flexibility index (Phi) is 7.31. The van der Waals surface area contributed by atoms with Crippen molar-refractivity contribution in [1.82, 2.24) is 19.5 Å². The Morgan fingerprint density at radius 1 is 1.00 bits per heavy atom.